The van der Waals surface area contributed by atoms with E-state index in [1.165, 1.54) is 31.2 Å². The van der Waals surface area contributed by atoms with Gasteiger partial charge in [-0.25, -0.2) is 14.4 Å². The third kappa shape index (κ3) is 4.25. The van der Waals surface area contributed by atoms with Gasteiger partial charge in [-0.2, -0.15) is 18.3 Å². The third-order valence-electron chi connectivity index (χ3n) is 5.95. The molecule has 1 saturated heterocycles. The highest BCUT2D eigenvalue weighted by Gasteiger charge is 2.32. The number of rotatable bonds is 6. The summed E-state index contributed by atoms with van der Waals surface area (Å²) in [6.45, 7) is -0.881. The number of alkyl halides is 4. The predicted octanol–water partition coefficient (Wildman–Crippen LogP) is 4.12. The van der Waals surface area contributed by atoms with Gasteiger partial charge in [0.15, 0.2) is 5.75 Å². The first-order valence-corrected chi connectivity index (χ1v) is 11.0. The van der Waals surface area contributed by atoms with Crippen molar-refractivity contribution >= 4 is 16.7 Å². The molecule has 0 bridgehead atoms. The van der Waals surface area contributed by atoms with Crippen LogP contribution in [-0.2, 0) is 6.54 Å². The van der Waals surface area contributed by atoms with E-state index in [9.17, 15) is 22.7 Å². The highest BCUT2D eigenvalue weighted by molar-refractivity contribution is 5.97. The van der Waals surface area contributed by atoms with Gasteiger partial charge in [0.05, 0.1) is 43.7 Å². The van der Waals surface area contributed by atoms with Crippen LogP contribution in [0.1, 0.15) is 6.42 Å². The van der Waals surface area contributed by atoms with Crippen LogP contribution >= 0.6 is 0 Å². The summed E-state index contributed by atoms with van der Waals surface area (Å²) >= 11 is 0. The summed E-state index contributed by atoms with van der Waals surface area (Å²) in [5, 5.41) is 15.2. The molecule has 0 spiro atoms. The maximum Gasteiger partial charge on any atom is 0.408 e. The number of hydrogen-bond acceptors (Lipinski definition) is 7. The van der Waals surface area contributed by atoms with E-state index in [2.05, 4.69) is 10.1 Å². The average Bonchev–Trinajstić information content (AvgIpc) is 3.54. The first-order chi connectivity index (χ1) is 17.2. The van der Waals surface area contributed by atoms with Gasteiger partial charge < -0.3 is 19.5 Å². The number of aromatic nitrogens is 5. The van der Waals surface area contributed by atoms with E-state index in [4.69, 9.17) is 14.5 Å². The van der Waals surface area contributed by atoms with Gasteiger partial charge in [-0.05, 0) is 24.6 Å². The Morgan fingerprint density at radius 2 is 1.97 bits per heavy atom. The van der Waals surface area contributed by atoms with E-state index in [0.717, 1.165) is 4.68 Å². The molecule has 0 unspecified atom stereocenters. The van der Waals surface area contributed by atoms with Gasteiger partial charge in [-0.1, -0.05) is 0 Å². The van der Waals surface area contributed by atoms with E-state index in [1.807, 2.05) is 0 Å². The number of pyridine rings is 2. The quantitative estimate of drug-likeness (QED) is 0.394. The van der Waals surface area contributed by atoms with Crippen molar-refractivity contribution in [3.05, 3.63) is 36.8 Å². The molecule has 13 heteroatoms. The zero-order chi connectivity index (χ0) is 25.6. The molecule has 1 aliphatic heterocycles. The lowest BCUT2D eigenvalue weighted by atomic mass is 10.1. The van der Waals surface area contributed by atoms with Crippen molar-refractivity contribution in [2.24, 2.45) is 0 Å². The molecule has 0 aromatic carbocycles. The van der Waals surface area contributed by atoms with Crippen molar-refractivity contribution in [1.82, 2.24) is 24.3 Å². The number of nitrogens with zero attached hydrogens (tertiary/aromatic N) is 6. The van der Waals surface area contributed by atoms with E-state index >= 15 is 0 Å². The van der Waals surface area contributed by atoms with Gasteiger partial charge in [0.1, 0.15) is 24.1 Å². The molecule has 190 valence electrons. The molecule has 4 aromatic rings. The Bertz CT molecular complexity index is 1420. The Labute approximate surface area is 202 Å². The van der Waals surface area contributed by atoms with Crippen LogP contribution in [0.25, 0.3) is 27.8 Å². The van der Waals surface area contributed by atoms with E-state index in [1.54, 1.807) is 29.3 Å². The third-order valence-corrected chi connectivity index (χ3v) is 5.95. The minimum Gasteiger partial charge on any atom is -0.494 e. The zero-order valence-corrected chi connectivity index (χ0v) is 19.3. The van der Waals surface area contributed by atoms with Crippen LogP contribution in [0.15, 0.2) is 36.8 Å². The lowest BCUT2D eigenvalue weighted by Crippen LogP contribution is -2.23. The van der Waals surface area contributed by atoms with Gasteiger partial charge in [-0.3, -0.25) is 9.25 Å². The molecule has 0 aliphatic carbocycles. The van der Waals surface area contributed by atoms with Crippen LogP contribution in [0, 0.1) is 0 Å². The van der Waals surface area contributed by atoms with E-state index < -0.39 is 18.9 Å². The maximum absolute atomic E-state index is 14.2. The van der Waals surface area contributed by atoms with Gasteiger partial charge >= 0.3 is 6.18 Å². The van der Waals surface area contributed by atoms with Crippen LogP contribution < -0.4 is 14.4 Å². The summed E-state index contributed by atoms with van der Waals surface area (Å²) in [7, 11) is 2.95. The number of halogens is 4. The first-order valence-electron chi connectivity index (χ1n) is 11.0. The fourth-order valence-corrected chi connectivity index (χ4v) is 4.35. The molecule has 1 aliphatic rings. The fourth-order valence-electron chi connectivity index (χ4n) is 4.35. The Hall–Kier alpha value is -4.03. The Kier molecular flexibility index (Phi) is 5.85. The van der Waals surface area contributed by atoms with Crippen molar-refractivity contribution < 1.29 is 32.1 Å². The molecule has 36 heavy (non-hydrogen) atoms. The number of methoxy groups -OCH3 is 2. The highest BCUT2D eigenvalue weighted by atomic mass is 19.4. The number of hydrogen-bond donors (Lipinski definition) is 1. The van der Waals surface area contributed by atoms with Crippen molar-refractivity contribution in [3.8, 4) is 34.5 Å². The predicted molar refractivity (Wildman–Crippen MR) is 123 cm³/mol. The monoisotopic (exact) mass is 506 g/mol. The van der Waals surface area contributed by atoms with Crippen LogP contribution in [-0.4, -0.2) is 69.1 Å². The van der Waals surface area contributed by atoms with Gasteiger partial charge in [0.2, 0.25) is 5.88 Å². The largest absolute Gasteiger partial charge is 0.494 e. The summed E-state index contributed by atoms with van der Waals surface area (Å²) < 4.78 is 65.4. The van der Waals surface area contributed by atoms with Gasteiger partial charge in [0, 0.05) is 24.5 Å². The SMILES string of the molecule is COc1cc(-c2ccc3c(O)n(-c4cnn(CC(F)(F)F)c4)c(N4CC[C@@H](F)C4)c3n2)cnc1OC. The maximum atomic E-state index is 14.2. The summed E-state index contributed by atoms with van der Waals surface area (Å²) in [4.78, 5) is 10.7. The lowest BCUT2D eigenvalue weighted by Gasteiger charge is -2.20. The smallest absolute Gasteiger partial charge is 0.408 e. The second-order valence-corrected chi connectivity index (χ2v) is 8.35. The van der Waals surface area contributed by atoms with Gasteiger partial charge in [0.25, 0.3) is 5.88 Å². The minimum atomic E-state index is -4.46. The minimum absolute atomic E-state index is 0.0546. The summed E-state index contributed by atoms with van der Waals surface area (Å²) in [6.07, 6.45) is -1.32. The van der Waals surface area contributed by atoms with Gasteiger partial charge in [-0.15, -0.1) is 0 Å². The molecule has 1 fully saturated rings. The average molecular weight is 506 g/mol. The van der Waals surface area contributed by atoms with Crippen molar-refractivity contribution in [3.63, 3.8) is 0 Å². The van der Waals surface area contributed by atoms with E-state index in [0.29, 0.717) is 46.2 Å². The summed E-state index contributed by atoms with van der Waals surface area (Å²) in [5.74, 6) is 0.825. The molecule has 9 nitrogen and oxygen atoms in total. The molecule has 0 saturated carbocycles. The molecule has 0 amide bonds. The van der Waals surface area contributed by atoms with Crippen molar-refractivity contribution in [1.29, 1.82) is 0 Å². The van der Waals surface area contributed by atoms with Crippen LogP contribution in [0.3, 0.4) is 0 Å². The summed E-state index contributed by atoms with van der Waals surface area (Å²) in [5.41, 5.74) is 1.66. The molecular weight excluding hydrogens is 484 g/mol. The molecule has 5 rings (SSSR count). The standard InChI is InChI=1S/C23H22F4N6O3/c1-35-18-7-13(8-28-20(18)36-2)17-4-3-16-19(30-17)21(31-6-5-14(24)10-31)33(22(16)34)15-9-29-32(11-15)12-23(25,26)27/h3-4,7-9,11,14,34H,5-6,10,12H2,1-2H3/t14-/m1/s1. The molecule has 5 heterocycles. The zero-order valence-electron chi connectivity index (χ0n) is 19.3. The van der Waals surface area contributed by atoms with Crippen LogP contribution in [0.2, 0.25) is 0 Å². The molecule has 4 aromatic heterocycles. The van der Waals surface area contributed by atoms with Crippen molar-refractivity contribution in [2.75, 3.05) is 32.2 Å². The topological polar surface area (TPSA) is 90.5 Å². The summed E-state index contributed by atoms with van der Waals surface area (Å²) in [6, 6.07) is 5.02. The number of anilines is 1. The molecule has 1 atom stereocenters. The normalized spacial score (nSPS) is 16.2. The highest BCUT2D eigenvalue weighted by Crippen LogP contribution is 2.42. The first kappa shape index (κ1) is 23.7. The van der Waals surface area contributed by atoms with Crippen LogP contribution in [0.5, 0.6) is 17.5 Å². The molecule has 1 N–H and O–H groups in total. The Balaban J connectivity index is 1.67. The number of fused-ring (bicyclic) bond motifs is 1. The Morgan fingerprint density at radius 1 is 1.17 bits per heavy atom. The molecular formula is C23H22F4N6O3. The number of aromatic hydroxyl groups is 1. The van der Waals surface area contributed by atoms with Crippen molar-refractivity contribution in [2.45, 2.75) is 25.3 Å². The Morgan fingerprint density at radius 3 is 2.64 bits per heavy atom. The fraction of sp³-hybridized carbons (Fsp3) is 0.348. The van der Waals surface area contributed by atoms with E-state index in [-0.39, 0.29) is 24.5 Å². The second kappa shape index (κ2) is 8.88. The van der Waals surface area contributed by atoms with Crippen LogP contribution in [0.4, 0.5) is 23.4 Å². The second-order valence-electron chi connectivity index (χ2n) is 8.35. The lowest BCUT2D eigenvalue weighted by molar-refractivity contribution is -0.142. The number of ether oxygens (including phenoxy) is 2. The molecule has 0 radical (unpaired) electrons.